The van der Waals surface area contributed by atoms with E-state index >= 15 is 0 Å². The van der Waals surface area contributed by atoms with Crippen molar-refractivity contribution in [2.45, 2.75) is 18.9 Å². The fourth-order valence-electron chi connectivity index (χ4n) is 5.84. The van der Waals surface area contributed by atoms with Gasteiger partial charge in [-0.2, -0.15) is 0 Å². The standard InChI is InChI=1S/C38H40N6O11/c45-33-10-9-32(35(47)43-33)44-36(48)29-7-6-28(22-30(29)37(44)49)55-20-19-53-16-15-51-13-14-52-17-18-54-23-34(46)40-25-1-3-26(4-2-25)41-38(50)42-27-5-8-31-24(21-27)11-12-39-31/h1-8,11-12,21-22,32,39H,9-10,13-20,23H2,(H,40,46)(H2,41,42,50)(H,43,45,47). The van der Waals surface area contributed by atoms with Crippen LogP contribution in [0.25, 0.3) is 10.9 Å². The molecular formula is C38H40N6O11. The zero-order chi connectivity index (χ0) is 38.6. The second kappa shape index (κ2) is 18.8. The van der Waals surface area contributed by atoms with Gasteiger partial charge in [-0.3, -0.25) is 34.2 Å². The van der Waals surface area contributed by atoms with Crippen LogP contribution in [0.4, 0.5) is 21.9 Å². The molecule has 2 aliphatic rings. The van der Waals surface area contributed by atoms with Gasteiger partial charge in [0.15, 0.2) is 0 Å². The summed E-state index contributed by atoms with van der Waals surface area (Å²) in [5, 5.41) is 11.4. The normalized spacial score (nSPS) is 15.2. The molecule has 55 heavy (non-hydrogen) atoms. The van der Waals surface area contributed by atoms with Crippen molar-refractivity contribution in [2.24, 2.45) is 0 Å². The first-order chi connectivity index (χ1) is 26.7. The Bertz CT molecular complexity index is 2030. The lowest BCUT2D eigenvalue weighted by atomic mass is 10.0. The number of piperidine rings is 1. The van der Waals surface area contributed by atoms with Gasteiger partial charge >= 0.3 is 6.03 Å². The van der Waals surface area contributed by atoms with E-state index in [2.05, 4.69) is 26.3 Å². The Kier molecular flexibility index (Phi) is 13.2. The molecule has 1 atom stereocenters. The monoisotopic (exact) mass is 756 g/mol. The molecule has 7 amide bonds. The highest BCUT2D eigenvalue weighted by Gasteiger charge is 2.44. The molecule has 17 nitrogen and oxygen atoms in total. The Labute approximate surface area is 314 Å². The largest absolute Gasteiger partial charge is 0.491 e. The third kappa shape index (κ3) is 10.5. The molecule has 2 aliphatic heterocycles. The number of nitrogens with zero attached hydrogens (tertiary/aromatic N) is 1. The lowest BCUT2D eigenvalue weighted by Crippen LogP contribution is -2.54. The lowest BCUT2D eigenvalue weighted by molar-refractivity contribution is -0.136. The van der Waals surface area contributed by atoms with Crippen molar-refractivity contribution in [3.8, 4) is 5.75 Å². The second-order valence-electron chi connectivity index (χ2n) is 12.4. The van der Waals surface area contributed by atoms with E-state index in [9.17, 15) is 28.8 Å². The van der Waals surface area contributed by atoms with Crippen LogP contribution in [-0.4, -0.2) is 111 Å². The molecule has 1 saturated heterocycles. The van der Waals surface area contributed by atoms with E-state index in [0.29, 0.717) is 49.2 Å². The molecule has 1 unspecified atom stereocenters. The minimum atomic E-state index is -1.03. The molecule has 3 heterocycles. The average molecular weight is 757 g/mol. The number of aromatic nitrogens is 1. The third-order valence-corrected chi connectivity index (χ3v) is 8.49. The van der Waals surface area contributed by atoms with Crippen LogP contribution in [0, 0.1) is 0 Å². The Balaban J connectivity index is 0.748. The maximum atomic E-state index is 12.9. The molecule has 1 fully saturated rings. The van der Waals surface area contributed by atoms with E-state index in [0.717, 1.165) is 15.8 Å². The number of hydrogen-bond donors (Lipinski definition) is 5. The first-order valence-electron chi connectivity index (χ1n) is 17.6. The molecule has 6 rings (SSSR count). The van der Waals surface area contributed by atoms with Crippen molar-refractivity contribution in [1.82, 2.24) is 15.2 Å². The fourth-order valence-corrected chi connectivity index (χ4v) is 5.84. The van der Waals surface area contributed by atoms with Gasteiger partial charge in [-0.1, -0.05) is 0 Å². The molecule has 0 spiro atoms. The fraction of sp³-hybridized carbons (Fsp3) is 0.316. The number of urea groups is 1. The number of ether oxygens (including phenoxy) is 5. The van der Waals surface area contributed by atoms with Crippen LogP contribution in [0.1, 0.15) is 33.6 Å². The van der Waals surface area contributed by atoms with E-state index < -0.39 is 29.7 Å². The van der Waals surface area contributed by atoms with Crippen molar-refractivity contribution in [3.05, 3.63) is 84.1 Å². The molecule has 17 heteroatoms. The van der Waals surface area contributed by atoms with E-state index in [-0.39, 0.29) is 68.9 Å². The highest BCUT2D eigenvalue weighted by Crippen LogP contribution is 2.30. The van der Waals surface area contributed by atoms with Gasteiger partial charge in [-0.15, -0.1) is 0 Å². The van der Waals surface area contributed by atoms with Crippen molar-refractivity contribution < 1.29 is 52.5 Å². The number of amides is 7. The molecule has 0 saturated carbocycles. The van der Waals surface area contributed by atoms with Crippen LogP contribution in [0.3, 0.4) is 0 Å². The molecule has 1 aromatic heterocycles. The number of fused-ring (bicyclic) bond motifs is 2. The van der Waals surface area contributed by atoms with E-state index in [4.69, 9.17) is 23.7 Å². The number of carbonyl (C=O) groups is 6. The van der Waals surface area contributed by atoms with Gasteiger partial charge in [0.2, 0.25) is 17.7 Å². The maximum Gasteiger partial charge on any atom is 0.323 e. The number of H-pyrrole nitrogens is 1. The van der Waals surface area contributed by atoms with Crippen LogP contribution in [0.15, 0.2) is 72.9 Å². The number of anilines is 3. The molecule has 0 aliphatic carbocycles. The van der Waals surface area contributed by atoms with Gasteiger partial charge in [0, 0.05) is 40.6 Å². The number of imide groups is 2. The Morgan fingerprint density at radius 1 is 0.673 bits per heavy atom. The summed E-state index contributed by atoms with van der Waals surface area (Å²) in [6.45, 7) is 2.13. The quantitative estimate of drug-likeness (QED) is 0.0691. The van der Waals surface area contributed by atoms with Gasteiger partial charge in [-0.25, -0.2) is 4.79 Å². The molecule has 0 bridgehead atoms. The highest BCUT2D eigenvalue weighted by atomic mass is 16.6. The first kappa shape index (κ1) is 38.6. The van der Waals surface area contributed by atoms with Crippen molar-refractivity contribution >= 4 is 63.5 Å². The Morgan fingerprint density at radius 3 is 2.00 bits per heavy atom. The number of rotatable bonds is 19. The van der Waals surface area contributed by atoms with Gasteiger partial charge in [0.05, 0.1) is 57.4 Å². The topological polar surface area (TPSA) is 216 Å². The van der Waals surface area contributed by atoms with Crippen molar-refractivity contribution in [2.75, 3.05) is 75.4 Å². The summed E-state index contributed by atoms with van der Waals surface area (Å²) in [6.07, 6.45) is 1.97. The molecule has 5 N–H and O–H groups in total. The highest BCUT2D eigenvalue weighted by molar-refractivity contribution is 6.23. The van der Waals surface area contributed by atoms with E-state index in [1.807, 2.05) is 30.5 Å². The smallest absolute Gasteiger partial charge is 0.323 e. The van der Waals surface area contributed by atoms with Gasteiger partial charge in [0.1, 0.15) is 25.0 Å². The summed E-state index contributed by atoms with van der Waals surface area (Å²) in [5.74, 6) is -2.24. The van der Waals surface area contributed by atoms with Crippen LogP contribution in [0.5, 0.6) is 5.75 Å². The van der Waals surface area contributed by atoms with Gasteiger partial charge in [0.25, 0.3) is 11.8 Å². The summed E-state index contributed by atoms with van der Waals surface area (Å²) >= 11 is 0. The minimum Gasteiger partial charge on any atom is -0.491 e. The SMILES string of the molecule is O=C1CCC(N2C(=O)c3ccc(OCCOCCOCCOCCOCC(=O)Nc4ccc(NC(=O)Nc5ccc6[nH]ccc6c5)cc4)cc3C2=O)C(=O)N1. The maximum absolute atomic E-state index is 12.9. The van der Waals surface area contributed by atoms with Gasteiger partial charge < -0.3 is 44.6 Å². The second-order valence-corrected chi connectivity index (χ2v) is 12.4. The number of carbonyl (C=O) groups excluding carboxylic acids is 6. The lowest BCUT2D eigenvalue weighted by Gasteiger charge is -2.27. The molecule has 4 aromatic rings. The summed E-state index contributed by atoms with van der Waals surface area (Å²) in [4.78, 5) is 78.0. The third-order valence-electron chi connectivity index (χ3n) is 8.49. The Morgan fingerprint density at radius 2 is 1.29 bits per heavy atom. The number of nitrogens with one attached hydrogen (secondary N) is 5. The summed E-state index contributed by atoms with van der Waals surface area (Å²) < 4.78 is 27.5. The predicted molar refractivity (Wildman–Crippen MR) is 198 cm³/mol. The van der Waals surface area contributed by atoms with Crippen LogP contribution in [0.2, 0.25) is 0 Å². The molecule has 0 radical (unpaired) electrons. The zero-order valence-corrected chi connectivity index (χ0v) is 29.7. The summed E-state index contributed by atoms with van der Waals surface area (Å²) in [7, 11) is 0. The van der Waals surface area contributed by atoms with Crippen LogP contribution < -0.4 is 26.0 Å². The predicted octanol–water partition coefficient (Wildman–Crippen LogP) is 3.30. The molecular weight excluding hydrogens is 716 g/mol. The summed E-state index contributed by atoms with van der Waals surface area (Å²) in [5.41, 5.74) is 3.07. The van der Waals surface area contributed by atoms with Crippen molar-refractivity contribution in [1.29, 1.82) is 0 Å². The minimum absolute atomic E-state index is 0.0494. The number of benzene rings is 3. The van der Waals surface area contributed by atoms with Gasteiger partial charge in [-0.05, 0) is 73.2 Å². The van der Waals surface area contributed by atoms with Crippen LogP contribution in [-0.2, 0) is 33.3 Å². The zero-order valence-electron chi connectivity index (χ0n) is 29.7. The molecule has 3 aromatic carbocycles. The Hall–Kier alpha value is -6.14. The number of hydrogen-bond acceptors (Lipinski definition) is 11. The molecule has 288 valence electrons. The summed E-state index contributed by atoms with van der Waals surface area (Å²) in [6, 6.07) is 17.3. The first-order valence-corrected chi connectivity index (χ1v) is 17.6. The van der Waals surface area contributed by atoms with E-state index in [1.54, 1.807) is 30.3 Å². The number of aromatic amines is 1. The van der Waals surface area contributed by atoms with Crippen LogP contribution >= 0.6 is 0 Å². The van der Waals surface area contributed by atoms with E-state index in [1.165, 1.54) is 12.1 Å². The average Bonchev–Trinajstić information content (AvgIpc) is 3.73. The van der Waals surface area contributed by atoms with Crippen molar-refractivity contribution in [3.63, 3.8) is 0 Å².